The van der Waals surface area contributed by atoms with Crippen molar-refractivity contribution in [3.63, 3.8) is 0 Å². The van der Waals surface area contributed by atoms with Crippen molar-refractivity contribution in [2.75, 3.05) is 20.2 Å². The van der Waals surface area contributed by atoms with Crippen LogP contribution in [-0.4, -0.2) is 36.2 Å². The maximum absolute atomic E-state index is 10.7. The van der Waals surface area contributed by atoms with Crippen LogP contribution < -0.4 is 4.74 Å². The first-order chi connectivity index (χ1) is 12.2. The van der Waals surface area contributed by atoms with Crippen molar-refractivity contribution in [1.29, 1.82) is 0 Å². The molecule has 0 unspecified atom stereocenters. The van der Waals surface area contributed by atoms with Crippen molar-refractivity contribution >= 4 is 0 Å². The molecule has 0 saturated heterocycles. The number of aliphatic hydroxyl groups is 1. The minimum absolute atomic E-state index is 0.0860. The standard InChI is InChI=1S/C22H27NO2/c1-17(22(24)20-8-10-21(25-2)11-9-20)23-14-12-19(13-15-23)16-18-6-4-3-5-7-18/h3-12,17,22,24H,13-16H2,1-2H3/t17-,22-/m0/s1. The van der Waals surface area contributed by atoms with Gasteiger partial charge >= 0.3 is 0 Å². The van der Waals surface area contributed by atoms with Gasteiger partial charge in [0.1, 0.15) is 5.75 Å². The van der Waals surface area contributed by atoms with E-state index in [4.69, 9.17) is 4.74 Å². The summed E-state index contributed by atoms with van der Waals surface area (Å²) in [5, 5.41) is 10.7. The molecular weight excluding hydrogens is 310 g/mol. The van der Waals surface area contributed by atoms with Gasteiger partial charge in [-0.2, -0.15) is 0 Å². The molecular formula is C22H27NO2. The van der Waals surface area contributed by atoms with Crippen LogP contribution >= 0.6 is 0 Å². The zero-order chi connectivity index (χ0) is 17.6. The molecule has 0 saturated carbocycles. The number of ether oxygens (including phenoxy) is 1. The number of hydrogen-bond acceptors (Lipinski definition) is 3. The molecule has 0 radical (unpaired) electrons. The minimum atomic E-state index is -0.491. The summed E-state index contributed by atoms with van der Waals surface area (Å²) in [6.45, 7) is 3.99. The molecule has 0 amide bonds. The Labute approximate surface area is 150 Å². The van der Waals surface area contributed by atoms with E-state index in [2.05, 4.69) is 48.2 Å². The highest BCUT2D eigenvalue weighted by molar-refractivity contribution is 5.29. The first-order valence-corrected chi connectivity index (χ1v) is 8.95. The third-order valence-corrected chi connectivity index (χ3v) is 5.10. The Morgan fingerprint density at radius 1 is 1.08 bits per heavy atom. The normalized spacial score (nSPS) is 17.6. The Bertz CT molecular complexity index is 694. The molecule has 0 spiro atoms. The Balaban J connectivity index is 1.59. The second-order valence-electron chi connectivity index (χ2n) is 6.73. The fraction of sp³-hybridized carbons (Fsp3) is 0.364. The van der Waals surface area contributed by atoms with Gasteiger partial charge in [0.15, 0.2) is 0 Å². The topological polar surface area (TPSA) is 32.7 Å². The van der Waals surface area contributed by atoms with E-state index < -0.39 is 6.10 Å². The van der Waals surface area contributed by atoms with Crippen molar-refractivity contribution in [1.82, 2.24) is 4.90 Å². The molecule has 1 aliphatic heterocycles. The maximum atomic E-state index is 10.7. The van der Waals surface area contributed by atoms with Gasteiger partial charge in [-0.25, -0.2) is 0 Å². The lowest BCUT2D eigenvalue weighted by Crippen LogP contribution is -2.40. The molecule has 1 heterocycles. The lowest BCUT2D eigenvalue weighted by Gasteiger charge is -2.34. The highest BCUT2D eigenvalue weighted by Crippen LogP contribution is 2.26. The van der Waals surface area contributed by atoms with Gasteiger partial charge in [-0.1, -0.05) is 54.1 Å². The van der Waals surface area contributed by atoms with Crippen LogP contribution in [0.4, 0.5) is 0 Å². The van der Waals surface area contributed by atoms with Crippen LogP contribution in [0.5, 0.6) is 5.75 Å². The Kier molecular flexibility index (Phi) is 5.90. The summed E-state index contributed by atoms with van der Waals surface area (Å²) in [6, 6.07) is 18.4. The fourth-order valence-electron chi connectivity index (χ4n) is 3.39. The van der Waals surface area contributed by atoms with Crippen LogP contribution in [0.1, 0.15) is 30.6 Å². The Morgan fingerprint density at radius 3 is 2.40 bits per heavy atom. The molecule has 0 bridgehead atoms. The van der Waals surface area contributed by atoms with Gasteiger partial charge in [-0.05, 0) is 43.0 Å². The van der Waals surface area contributed by atoms with Crippen molar-refractivity contribution in [3.05, 3.63) is 77.4 Å². The Hall–Kier alpha value is -2.10. The first kappa shape index (κ1) is 17.7. The highest BCUT2D eigenvalue weighted by Gasteiger charge is 2.24. The van der Waals surface area contributed by atoms with Crippen LogP contribution in [0.2, 0.25) is 0 Å². The Morgan fingerprint density at radius 2 is 1.80 bits per heavy atom. The molecule has 3 heteroatoms. The lowest BCUT2D eigenvalue weighted by molar-refractivity contribution is 0.0623. The van der Waals surface area contributed by atoms with Crippen molar-refractivity contribution in [3.8, 4) is 5.75 Å². The van der Waals surface area contributed by atoms with Crippen LogP contribution in [0.25, 0.3) is 0 Å². The number of aliphatic hydroxyl groups excluding tert-OH is 1. The molecule has 2 aromatic carbocycles. The molecule has 0 fully saturated rings. The second-order valence-corrected chi connectivity index (χ2v) is 6.73. The van der Waals surface area contributed by atoms with Crippen molar-refractivity contribution < 1.29 is 9.84 Å². The number of nitrogens with zero attached hydrogens (tertiary/aromatic N) is 1. The summed E-state index contributed by atoms with van der Waals surface area (Å²) in [7, 11) is 1.65. The molecule has 2 aromatic rings. The van der Waals surface area contributed by atoms with E-state index >= 15 is 0 Å². The molecule has 25 heavy (non-hydrogen) atoms. The third-order valence-electron chi connectivity index (χ3n) is 5.10. The zero-order valence-electron chi connectivity index (χ0n) is 15.1. The first-order valence-electron chi connectivity index (χ1n) is 8.95. The highest BCUT2D eigenvalue weighted by atomic mass is 16.5. The molecule has 0 aliphatic carbocycles. The number of hydrogen-bond donors (Lipinski definition) is 1. The molecule has 1 N–H and O–H groups in total. The van der Waals surface area contributed by atoms with Crippen molar-refractivity contribution in [2.45, 2.75) is 31.9 Å². The lowest BCUT2D eigenvalue weighted by atomic mass is 9.96. The number of methoxy groups -OCH3 is 1. The van der Waals surface area contributed by atoms with Crippen LogP contribution in [0.15, 0.2) is 66.2 Å². The van der Waals surface area contributed by atoms with Gasteiger partial charge in [0.25, 0.3) is 0 Å². The molecule has 0 aromatic heterocycles. The van der Waals surface area contributed by atoms with Gasteiger partial charge in [0.05, 0.1) is 13.2 Å². The summed E-state index contributed by atoms with van der Waals surface area (Å²) < 4.78 is 5.19. The largest absolute Gasteiger partial charge is 0.497 e. The maximum Gasteiger partial charge on any atom is 0.118 e. The minimum Gasteiger partial charge on any atom is -0.497 e. The molecule has 3 nitrogen and oxygen atoms in total. The third kappa shape index (κ3) is 4.50. The summed E-state index contributed by atoms with van der Waals surface area (Å²) in [6.07, 6.45) is 3.93. The van der Waals surface area contributed by atoms with Crippen LogP contribution in [-0.2, 0) is 6.42 Å². The summed E-state index contributed by atoms with van der Waals surface area (Å²) in [5.41, 5.74) is 3.80. The van der Waals surface area contributed by atoms with Gasteiger partial charge < -0.3 is 9.84 Å². The second kappa shape index (κ2) is 8.32. The predicted molar refractivity (Wildman–Crippen MR) is 102 cm³/mol. The summed E-state index contributed by atoms with van der Waals surface area (Å²) >= 11 is 0. The van der Waals surface area contributed by atoms with Crippen LogP contribution in [0.3, 0.4) is 0 Å². The smallest absolute Gasteiger partial charge is 0.118 e. The molecule has 132 valence electrons. The fourth-order valence-corrected chi connectivity index (χ4v) is 3.39. The number of rotatable bonds is 6. The van der Waals surface area contributed by atoms with E-state index in [-0.39, 0.29) is 6.04 Å². The average Bonchev–Trinajstić information content (AvgIpc) is 2.68. The number of benzene rings is 2. The molecule has 1 aliphatic rings. The predicted octanol–water partition coefficient (Wildman–Crippen LogP) is 3.99. The summed E-state index contributed by atoms with van der Waals surface area (Å²) in [5.74, 6) is 0.815. The SMILES string of the molecule is COc1ccc([C@@H](O)[C@H](C)N2CC=C(Cc3ccccc3)CC2)cc1. The van der Waals surface area contributed by atoms with Crippen LogP contribution in [0, 0.1) is 0 Å². The average molecular weight is 337 g/mol. The van der Waals surface area contributed by atoms with E-state index in [0.717, 1.165) is 37.2 Å². The monoisotopic (exact) mass is 337 g/mol. The van der Waals surface area contributed by atoms with E-state index in [1.165, 1.54) is 11.1 Å². The zero-order valence-corrected chi connectivity index (χ0v) is 15.1. The molecule has 2 atom stereocenters. The van der Waals surface area contributed by atoms with E-state index in [0.29, 0.717) is 0 Å². The van der Waals surface area contributed by atoms with Crippen molar-refractivity contribution in [2.24, 2.45) is 0 Å². The molecule has 3 rings (SSSR count). The quantitative estimate of drug-likeness (QED) is 0.809. The van der Waals surface area contributed by atoms with E-state index in [1.807, 2.05) is 24.3 Å². The van der Waals surface area contributed by atoms with Gasteiger partial charge in [0, 0.05) is 19.1 Å². The van der Waals surface area contributed by atoms with Gasteiger partial charge in [0.2, 0.25) is 0 Å². The van der Waals surface area contributed by atoms with Gasteiger partial charge in [-0.15, -0.1) is 0 Å². The summed E-state index contributed by atoms with van der Waals surface area (Å²) in [4.78, 5) is 2.35. The van der Waals surface area contributed by atoms with E-state index in [1.54, 1.807) is 7.11 Å². The van der Waals surface area contributed by atoms with Gasteiger partial charge in [-0.3, -0.25) is 4.90 Å². The van der Waals surface area contributed by atoms with E-state index in [9.17, 15) is 5.11 Å².